The Bertz CT molecular complexity index is 1030. The van der Waals surface area contributed by atoms with Gasteiger partial charge in [0.25, 0.3) is 0 Å². The first-order valence-electron chi connectivity index (χ1n) is 7.71. The number of benzene rings is 2. The molecule has 0 radical (unpaired) electrons. The standard InChI is InChI=1S/C19H17ClN2O/c1-10(2)17-7-13-6-16(20)15(9-18(13)21-17)12-4-5-14-11(3)22-23-19(14)8-12/h4-10,21H,1-3H3. The maximum atomic E-state index is 6.52. The van der Waals surface area contributed by atoms with Gasteiger partial charge in [-0.15, -0.1) is 0 Å². The predicted octanol–water partition coefficient (Wildman–Crippen LogP) is 6.06. The van der Waals surface area contributed by atoms with Gasteiger partial charge in [-0.25, -0.2) is 0 Å². The molecule has 2 aromatic heterocycles. The van der Waals surface area contributed by atoms with Gasteiger partial charge in [-0.2, -0.15) is 0 Å². The Labute approximate surface area is 139 Å². The average Bonchev–Trinajstić information content (AvgIpc) is 3.10. The van der Waals surface area contributed by atoms with Crippen molar-refractivity contribution in [2.24, 2.45) is 0 Å². The summed E-state index contributed by atoms with van der Waals surface area (Å²) in [4.78, 5) is 3.48. The molecule has 0 bridgehead atoms. The monoisotopic (exact) mass is 324 g/mol. The zero-order chi connectivity index (χ0) is 16.1. The highest BCUT2D eigenvalue weighted by Crippen LogP contribution is 2.35. The number of halogens is 1. The quantitative estimate of drug-likeness (QED) is 0.487. The van der Waals surface area contributed by atoms with Crippen molar-refractivity contribution in [1.29, 1.82) is 0 Å². The van der Waals surface area contributed by atoms with Gasteiger partial charge in [-0.3, -0.25) is 0 Å². The molecule has 2 aromatic carbocycles. The number of aromatic nitrogens is 2. The average molecular weight is 325 g/mol. The van der Waals surface area contributed by atoms with Crippen LogP contribution in [0.4, 0.5) is 0 Å². The number of hydrogen-bond donors (Lipinski definition) is 1. The van der Waals surface area contributed by atoms with E-state index in [0.717, 1.165) is 43.7 Å². The third-order valence-electron chi connectivity index (χ3n) is 4.31. The zero-order valence-electron chi connectivity index (χ0n) is 13.3. The van der Waals surface area contributed by atoms with E-state index in [-0.39, 0.29) is 0 Å². The summed E-state index contributed by atoms with van der Waals surface area (Å²) in [6.45, 7) is 6.29. The second-order valence-corrected chi connectivity index (χ2v) is 6.68. The zero-order valence-corrected chi connectivity index (χ0v) is 14.0. The van der Waals surface area contributed by atoms with Crippen LogP contribution in [-0.2, 0) is 0 Å². The van der Waals surface area contributed by atoms with Gasteiger partial charge in [0.1, 0.15) is 0 Å². The second kappa shape index (κ2) is 5.14. The largest absolute Gasteiger partial charge is 0.358 e. The van der Waals surface area contributed by atoms with E-state index in [0.29, 0.717) is 5.92 Å². The number of hydrogen-bond acceptors (Lipinski definition) is 2. The van der Waals surface area contributed by atoms with Crippen LogP contribution < -0.4 is 0 Å². The molecular formula is C19H17ClN2O. The van der Waals surface area contributed by atoms with E-state index in [1.165, 1.54) is 5.69 Å². The summed E-state index contributed by atoms with van der Waals surface area (Å²) in [5.41, 5.74) is 6.02. The van der Waals surface area contributed by atoms with Crippen LogP contribution in [0.15, 0.2) is 40.9 Å². The highest BCUT2D eigenvalue weighted by molar-refractivity contribution is 6.34. The van der Waals surface area contributed by atoms with Crippen LogP contribution in [0, 0.1) is 6.92 Å². The van der Waals surface area contributed by atoms with E-state index in [2.05, 4.69) is 42.2 Å². The fraction of sp³-hybridized carbons (Fsp3) is 0.211. The Balaban J connectivity index is 1.90. The van der Waals surface area contributed by atoms with Gasteiger partial charge >= 0.3 is 0 Å². The molecule has 1 N–H and O–H groups in total. The normalized spacial score (nSPS) is 11.9. The highest BCUT2D eigenvalue weighted by atomic mass is 35.5. The van der Waals surface area contributed by atoms with Crippen molar-refractivity contribution in [1.82, 2.24) is 10.1 Å². The summed E-state index contributed by atoms with van der Waals surface area (Å²) in [6.07, 6.45) is 0. The van der Waals surface area contributed by atoms with Crippen LogP contribution in [-0.4, -0.2) is 10.1 Å². The molecule has 2 heterocycles. The van der Waals surface area contributed by atoms with Crippen LogP contribution in [0.3, 0.4) is 0 Å². The molecule has 0 aliphatic rings. The molecule has 0 atom stereocenters. The lowest BCUT2D eigenvalue weighted by atomic mass is 10.0. The van der Waals surface area contributed by atoms with Gasteiger partial charge < -0.3 is 9.51 Å². The van der Waals surface area contributed by atoms with Crippen molar-refractivity contribution < 1.29 is 4.52 Å². The smallest absolute Gasteiger partial charge is 0.167 e. The van der Waals surface area contributed by atoms with Gasteiger partial charge in [-0.1, -0.05) is 36.7 Å². The Hall–Kier alpha value is -2.26. The first-order chi connectivity index (χ1) is 11.0. The molecule has 23 heavy (non-hydrogen) atoms. The van der Waals surface area contributed by atoms with Gasteiger partial charge in [0.15, 0.2) is 5.58 Å². The number of nitrogens with one attached hydrogen (secondary N) is 1. The minimum Gasteiger partial charge on any atom is -0.358 e. The van der Waals surface area contributed by atoms with Crippen molar-refractivity contribution in [3.8, 4) is 11.1 Å². The molecule has 0 amide bonds. The number of aryl methyl sites for hydroxylation is 1. The molecule has 4 heteroatoms. The maximum Gasteiger partial charge on any atom is 0.167 e. The van der Waals surface area contributed by atoms with Crippen molar-refractivity contribution in [3.63, 3.8) is 0 Å². The van der Waals surface area contributed by atoms with Gasteiger partial charge in [0, 0.05) is 32.6 Å². The van der Waals surface area contributed by atoms with Gasteiger partial charge in [0.05, 0.1) is 5.69 Å². The molecule has 3 nitrogen and oxygen atoms in total. The fourth-order valence-electron chi connectivity index (χ4n) is 2.94. The van der Waals surface area contributed by atoms with Crippen LogP contribution in [0.25, 0.3) is 33.0 Å². The number of aromatic amines is 1. The molecular weight excluding hydrogens is 308 g/mol. The van der Waals surface area contributed by atoms with Crippen molar-refractivity contribution in [3.05, 3.63) is 52.8 Å². The Morgan fingerprint density at radius 3 is 2.74 bits per heavy atom. The van der Waals surface area contributed by atoms with E-state index in [1.807, 2.05) is 25.1 Å². The molecule has 0 spiro atoms. The first kappa shape index (κ1) is 14.3. The lowest BCUT2D eigenvalue weighted by molar-refractivity contribution is 0.450. The molecule has 0 aliphatic carbocycles. The van der Waals surface area contributed by atoms with E-state index < -0.39 is 0 Å². The number of fused-ring (bicyclic) bond motifs is 2. The molecule has 0 saturated heterocycles. The van der Waals surface area contributed by atoms with Crippen molar-refractivity contribution >= 4 is 33.5 Å². The molecule has 116 valence electrons. The van der Waals surface area contributed by atoms with E-state index in [1.54, 1.807) is 0 Å². The number of rotatable bonds is 2. The lowest BCUT2D eigenvalue weighted by Gasteiger charge is -2.05. The molecule has 4 rings (SSSR count). The Kier molecular flexibility index (Phi) is 3.20. The number of H-pyrrole nitrogens is 1. The lowest BCUT2D eigenvalue weighted by Crippen LogP contribution is -1.85. The predicted molar refractivity (Wildman–Crippen MR) is 95.1 cm³/mol. The molecule has 0 fully saturated rings. The van der Waals surface area contributed by atoms with Crippen LogP contribution >= 0.6 is 11.6 Å². The minimum atomic E-state index is 0.457. The Morgan fingerprint density at radius 1 is 1.13 bits per heavy atom. The second-order valence-electron chi connectivity index (χ2n) is 6.28. The van der Waals surface area contributed by atoms with Crippen LogP contribution in [0.1, 0.15) is 31.2 Å². The fourth-order valence-corrected chi connectivity index (χ4v) is 3.22. The topological polar surface area (TPSA) is 41.8 Å². The van der Waals surface area contributed by atoms with Gasteiger partial charge in [0.2, 0.25) is 0 Å². The SMILES string of the molecule is Cc1noc2cc(-c3cc4[nH]c(C(C)C)cc4cc3Cl)ccc12. The molecule has 0 saturated carbocycles. The summed E-state index contributed by atoms with van der Waals surface area (Å²) in [5.74, 6) is 0.457. The van der Waals surface area contributed by atoms with Crippen molar-refractivity contribution in [2.75, 3.05) is 0 Å². The summed E-state index contributed by atoms with van der Waals surface area (Å²) in [5, 5.41) is 6.92. The van der Waals surface area contributed by atoms with Crippen LogP contribution in [0.5, 0.6) is 0 Å². The van der Waals surface area contributed by atoms with E-state index in [4.69, 9.17) is 16.1 Å². The molecule has 0 unspecified atom stereocenters. The maximum absolute atomic E-state index is 6.52. The number of nitrogens with zero attached hydrogens (tertiary/aromatic N) is 1. The summed E-state index contributed by atoms with van der Waals surface area (Å²) in [6, 6.07) is 12.4. The third kappa shape index (κ3) is 2.32. The van der Waals surface area contributed by atoms with Gasteiger partial charge in [-0.05, 0) is 48.7 Å². The summed E-state index contributed by atoms with van der Waals surface area (Å²) < 4.78 is 5.37. The van der Waals surface area contributed by atoms with Crippen LogP contribution in [0.2, 0.25) is 5.02 Å². The van der Waals surface area contributed by atoms with E-state index in [9.17, 15) is 0 Å². The third-order valence-corrected chi connectivity index (χ3v) is 4.63. The highest BCUT2D eigenvalue weighted by Gasteiger charge is 2.12. The Morgan fingerprint density at radius 2 is 1.96 bits per heavy atom. The minimum absolute atomic E-state index is 0.457. The van der Waals surface area contributed by atoms with Crippen molar-refractivity contribution in [2.45, 2.75) is 26.7 Å². The summed E-state index contributed by atoms with van der Waals surface area (Å²) >= 11 is 6.52. The first-order valence-corrected chi connectivity index (χ1v) is 8.09. The summed E-state index contributed by atoms with van der Waals surface area (Å²) in [7, 11) is 0. The van der Waals surface area contributed by atoms with E-state index >= 15 is 0 Å². The molecule has 4 aromatic rings. The molecule has 0 aliphatic heterocycles.